The fraction of sp³-hybridized carbons (Fsp3) is 0.154. The molecule has 1 atom stereocenters. The minimum Gasteiger partial charge on any atom is -0.374 e. The van der Waals surface area contributed by atoms with Crippen LogP contribution in [0.1, 0.15) is 17.2 Å². The van der Waals surface area contributed by atoms with Gasteiger partial charge in [0.2, 0.25) is 5.91 Å². The zero-order valence-electron chi connectivity index (χ0n) is 26.8. The number of ether oxygens (including phenoxy) is 1. The molecular formula is C39H36FN5O2S. The number of hydrogen-bond donors (Lipinski definition) is 2. The van der Waals surface area contributed by atoms with E-state index in [2.05, 4.69) is 22.8 Å². The number of fused-ring (bicyclic) bond motifs is 1. The van der Waals surface area contributed by atoms with Gasteiger partial charge in [-0.2, -0.15) is 0 Å². The first-order valence-electron chi connectivity index (χ1n) is 15.6. The number of benzene rings is 4. The average molecular weight is 658 g/mol. The molecule has 0 saturated carbocycles. The van der Waals surface area contributed by atoms with E-state index >= 15 is 0 Å². The van der Waals surface area contributed by atoms with Crippen molar-refractivity contribution in [2.24, 2.45) is 0 Å². The number of carbonyl (C=O) groups excluding carboxylic acids is 1. The molecule has 0 fully saturated rings. The largest absolute Gasteiger partial charge is 0.374 e. The SMILES string of the molecule is CN(C)CC=CC(=O)Nc1cccc(-c2c(-c3ccccc3)sc3ncnc(NC(COCc4cccc(F)c4)c4ccccc4)c23)c1. The first kappa shape index (κ1) is 32.7. The van der Waals surface area contributed by atoms with Gasteiger partial charge in [0, 0.05) is 28.7 Å². The Hall–Kier alpha value is -5.22. The number of aromatic nitrogens is 2. The molecule has 2 heterocycles. The number of thiophene rings is 1. The van der Waals surface area contributed by atoms with E-state index in [0.29, 0.717) is 24.7 Å². The predicted molar refractivity (Wildman–Crippen MR) is 193 cm³/mol. The molecule has 48 heavy (non-hydrogen) atoms. The first-order chi connectivity index (χ1) is 23.4. The predicted octanol–water partition coefficient (Wildman–Crippen LogP) is 8.59. The van der Waals surface area contributed by atoms with Gasteiger partial charge in [-0.05, 0) is 60.6 Å². The number of halogens is 1. The average Bonchev–Trinajstić information content (AvgIpc) is 3.49. The Morgan fingerprint density at radius 2 is 1.67 bits per heavy atom. The highest BCUT2D eigenvalue weighted by molar-refractivity contribution is 7.22. The summed E-state index contributed by atoms with van der Waals surface area (Å²) in [7, 11) is 3.91. The number of hydrogen-bond acceptors (Lipinski definition) is 7. The van der Waals surface area contributed by atoms with E-state index in [1.807, 2.05) is 104 Å². The normalized spacial score (nSPS) is 12.1. The number of amides is 1. The van der Waals surface area contributed by atoms with E-state index in [9.17, 15) is 9.18 Å². The summed E-state index contributed by atoms with van der Waals surface area (Å²) in [5.41, 5.74) is 5.42. The second kappa shape index (κ2) is 15.6. The van der Waals surface area contributed by atoms with Crippen LogP contribution in [-0.4, -0.2) is 48.0 Å². The van der Waals surface area contributed by atoms with Crippen LogP contribution in [0.3, 0.4) is 0 Å². The van der Waals surface area contributed by atoms with Crippen LogP contribution in [0.25, 0.3) is 31.8 Å². The Labute approximate surface area is 283 Å². The monoisotopic (exact) mass is 657 g/mol. The molecule has 0 aliphatic heterocycles. The number of likely N-dealkylation sites (N-methyl/N-ethyl adjacent to an activating group) is 1. The van der Waals surface area contributed by atoms with E-state index in [4.69, 9.17) is 14.7 Å². The Balaban J connectivity index is 1.38. The Morgan fingerprint density at radius 1 is 0.917 bits per heavy atom. The van der Waals surface area contributed by atoms with Gasteiger partial charge in [0.05, 0.1) is 24.6 Å². The van der Waals surface area contributed by atoms with Crippen molar-refractivity contribution >= 4 is 39.0 Å². The van der Waals surface area contributed by atoms with E-state index in [1.165, 1.54) is 12.1 Å². The van der Waals surface area contributed by atoms with Crippen molar-refractivity contribution < 1.29 is 13.9 Å². The molecule has 0 bridgehead atoms. The van der Waals surface area contributed by atoms with E-state index < -0.39 is 0 Å². The maximum Gasteiger partial charge on any atom is 0.248 e. The minimum absolute atomic E-state index is 0.193. The molecule has 9 heteroatoms. The lowest BCUT2D eigenvalue weighted by atomic mass is 9.99. The highest BCUT2D eigenvalue weighted by atomic mass is 32.1. The highest BCUT2D eigenvalue weighted by Gasteiger charge is 2.23. The number of nitrogens with zero attached hydrogens (tertiary/aromatic N) is 3. The maximum absolute atomic E-state index is 13.8. The third kappa shape index (κ3) is 8.19. The third-order valence-corrected chi connectivity index (χ3v) is 8.78. The quantitative estimate of drug-likeness (QED) is 0.121. The summed E-state index contributed by atoms with van der Waals surface area (Å²) in [6.45, 7) is 1.26. The second-order valence-corrected chi connectivity index (χ2v) is 12.6. The Bertz CT molecular complexity index is 2010. The van der Waals surface area contributed by atoms with Gasteiger partial charge in [0.1, 0.15) is 22.8 Å². The van der Waals surface area contributed by atoms with Crippen LogP contribution < -0.4 is 10.6 Å². The smallest absolute Gasteiger partial charge is 0.248 e. The Kier molecular flexibility index (Phi) is 10.6. The molecule has 0 spiro atoms. The van der Waals surface area contributed by atoms with Gasteiger partial charge in [0.15, 0.2) is 0 Å². The minimum atomic E-state index is -0.291. The van der Waals surface area contributed by atoms with Gasteiger partial charge in [-0.3, -0.25) is 4.79 Å². The van der Waals surface area contributed by atoms with Gasteiger partial charge in [-0.1, -0.05) is 91.0 Å². The summed E-state index contributed by atoms with van der Waals surface area (Å²) < 4.78 is 20.0. The second-order valence-electron chi connectivity index (χ2n) is 11.6. The van der Waals surface area contributed by atoms with Gasteiger partial charge in [-0.25, -0.2) is 14.4 Å². The van der Waals surface area contributed by atoms with Crippen LogP contribution in [0.5, 0.6) is 0 Å². The molecule has 4 aromatic carbocycles. The maximum atomic E-state index is 13.8. The molecule has 2 aromatic heterocycles. The highest BCUT2D eigenvalue weighted by Crippen LogP contribution is 2.47. The van der Waals surface area contributed by atoms with Crippen molar-refractivity contribution in [1.82, 2.24) is 14.9 Å². The summed E-state index contributed by atoms with van der Waals surface area (Å²) in [6.07, 6.45) is 4.96. The molecular weight excluding hydrogens is 622 g/mol. The topological polar surface area (TPSA) is 79.4 Å². The van der Waals surface area contributed by atoms with Crippen molar-refractivity contribution in [1.29, 1.82) is 0 Å². The Morgan fingerprint density at radius 3 is 2.44 bits per heavy atom. The molecule has 0 radical (unpaired) electrons. The van der Waals surface area contributed by atoms with Crippen LogP contribution >= 0.6 is 11.3 Å². The fourth-order valence-corrected chi connectivity index (χ4v) is 6.58. The number of rotatable bonds is 13. The number of nitrogens with one attached hydrogen (secondary N) is 2. The summed E-state index contributed by atoms with van der Waals surface area (Å²) >= 11 is 1.60. The third-order valence-electron chi connectivity index (χ3n) is 7.64. The van der Waals surface area contributed by atoms with Crippen molar-refractivity contribution in [2.45, 2.75) is 12.6 Å². The van der Waals surface area contributed by atoms with Crippen LogP contribution in [0.2, 0.25) is 0 Å². The molecule has 0 aliphatic carbocycles. The number of anilines is 2. The molecule has 0 aliphatic rings. The van der Waals surface area contributed by atoms with Crippen molar-refractivity contribution in [3.63, 3.8) is 0 Å². The fourth-order valence-electron chi connectivity index (χ4n) is 5.41. The summed E-state index contributed by atoms with van der Waals surface area (Å²) in [5, 5.41) is 7.55. The molecule has 6 rings (SSSR count). The van der Waals surface area contributed by atoms with Gasteiger partial charge in [0.25, 0.3) is 0 Å². The van der Waals surface area contributed by atoms with E-state index in [0.717, 1.165) is 42.9 Å². The van der Waals surface area contributed by atoms with Gasteiger partial charge in [-0.15, -0.1) is 11.3 Å². The van der Waals surface area contributed by atoms with E-state index in [1.54, 1.807) is 29.8 Å². The zero-order chi connectivity index (χ0) is 33.3. The summed E-state index contributed by atoms with van der Waals surface area (Å²) in [6, 6.07) is 34.3. The molecule has 1 amide bonds. The van der Waals surface area contributed by atoms with Crippen molar-refractivity contribution in [3.05, 3.63) is 145 Å². The number of carbonyl (C=O) groups is 1. The van der Waals surface area contributed by atoms with Crippen molar-refractivity contribution in [2.75, 3.05) is 37.9 Å². The van der Waals surface area contributed by atoms with Gasteiger partial charge >= 0.3 is 0 Å². The molecule has 242 valence electrons. The van der Waals surface area contributed by atoms with Crippen LogP contribution in [0.15, 0.2) is 128 Å². The lowest BCUT2D eigenvalue weighted by Crippen LogP contribution is -2.18. The molecule has 2 N–H and O–H groups in total. The molecule has 6 aromatic rings. The first-order valence-corrected chi connectivity index (χ1v) is 16.5. The summed E-state index contributed by atoms with van der Waals surface area (Å²) in [4.78, 5) is 26.0. The van der Waals surface area contributed by atoms with Crippen LogP contribution in [-0.2, 0) is 16.1 Å². The summed E-state index contributed by atoms with van der Waals surface area (Å²) in [5.74, 6) is 0.181. The van der Waals surface area contributed by atoms with Crippen LogP contribution in [0.4, 0.5) is 15.9 Å². The van der Waals surface area contributed by atoms with Gasteiger partial charge < -0.3 is 20.3 Å². The molecule has 1 unspecified atom stereocenters. The lowest BCUT2D eigenvalue weighted by Gasteiger charge is -2.21. The van der Waals surface area contributed by atoms with Crippen LogP contribution in [0, 0.1) is 5.82 Å². The standard InChI is InChI=1S/C39H36FN5O2S/c1-45(2)21-11-20-34(46)43-32-19-10-17-30(23-32)35-36-38(41-26-42-39(36)48-37(35)29-15-7-4-8-16-29)44-33(28-13-5-3-6-14-28)25-47-24-27-12-9-18-31(40)22-27/h3-20,22-23,26,33H,21,24-25H2,1-2H3,(H,43,46)(H,41,42,44). The lowest BCUT2D eigenvalue weighted by molar-refractivity contribution is -0.111. The molecule has 7 nitrogen and oxygen atoms in total. The zero-order valence-corrected chi connectivity index (χ0v) is 27.6. The molecule has 0 saturated heterocycles. The van der Waals surface area contributed by atoms with Crippen molar-refractivity contribution in [3.8, 4) is 21.6 Å². The van der Waals surface area contributed by atoms with E-state index in [-0.39, 0.29) is 24.4 Å².